The highest BCUT2D eigenvalue weighted by Crippen LogP contribution is 2.42. The lowest BCUT2D eigenvalue weighted by molar-refractivity contribution is 0.570. The first kappa shape index (κ1) is 23.1. The number of nitrogens with zero attached hydrogens (tertiary/aromatic N) is 2. The summed E-state index contributed by atoms with van der Waals surface area (Å²) in [6.45, 7) is 9.41. The van der Waals surface area contributed by atoms with Crippen LogP contribution in [0.5, 0.6) is 0 Å². The Kier molecular flexibility index (Phi) is 5.84. The molecular formula is C25H26N2O4S2. The molecule has 0 saturated heterocycles. The van der Waals surface area contributed by atoms with Gasteiger partial charge in [-0.2, -0.15) is 0 Å². The molecule has 0 saturated carbocycles. The summed E-state index contributed by atoms with van der Waals surface area (Å²) in [5, 5.41) is 0. The summed E-state index contributed by atoms with van der Waals surface area (Å²) in [6, 6.07) is 19.1. The van der Waals surface area contributed by atoms with Crippen molar-refractivity contribution in [2.75, 3.05) is 15.2 Å². The Morgan fingerprint density at radius 3 is 1.70 bits per heavy atom. The highest BCUT2D eigenvalue weighted by atomic mass is 32.2. The molecule has 33 heavy (non-hydrogen) atoms. The highest BCUT2D eigenvalue weighted by molar-refractivity contribution is 7.93. The van der Waals surface area contributed by atoms with E-state index in [2.05, 4.69) is 6.58 Å². The van der Waals surface area contributed by atoms with Crippen LogP contribution in [0.15, 0.2) is 94.7 Å². The Bertz CT molecular complexity index is 1410. The van der Waals surface area contributed by atoms with Crippen LogP contribution in [0, 0.1) is 13.8 Å². The molecule has 0 bridgehead atoms. The molecular weight excluding hydrogens is 456 g/mol. The molecule has 6 nitrogen and oxygen atoms in total. The lowest BCUT2D eigenvalue weighted by Gasteiger charge is -2.43. The predicted molar refractivity (Wildman–Crippen MR) is 132 cm³/mol. The molecule has 172 valence electrons. The van der Waals surface area contributed by atoms with E-state index >= 15 is 0 Å². The molecule has 8 heteroatoms. The van der Waals surface area contributed by atoms with Crippen LogP contribution in [0.4, 0.5) is 11.4 Å². The van der Waals surface area contributed by atoms with Crippen molar-refractivity contribution in [3.05, 3.63) is 96.1 Å². The lowest BCUT2D eigenvalue weighted by atomic mass is 10.1. The smallest absolute Gasteiger partial charge is 0.262 e. The minimum absolute atomic E-state index is 0.0757. The third kappa shape index (κ3) is 4.05. The van der Waals surface area contributed by atoms with Gasteiger partial charge in [-0.25, -0.2) is 16.8 Å². The number of fused-ring (bicyclic) bond motifs is 1. The Morgan fingerprint density at radius 1 is 0.758 bits per heavy atom. The second kappa shape index (κ2) is 8.35. The molecule has 1 heterocycles. The Labute approximate surface area is 195 Å². The van der Waals surface area contributed by atoms with Gasteiger partial charge in [0.05, 0.1) is 33.8 Å². The molecule has 0 spiro atoms. The predicted octanol–water partition coefficient (Wildman–Crippen LogP) is 4.65. The number of para-hydroxylation sites is 2. The van der Waals surface area contributed by atoms with Crippen LogP contribution in [0.25, 0.3) is 0 Å². The number of sulfonamides is 2. The zero-order chi connectivity index (χ0) is 24.0. The first-order valence-corrected chi connectivity index (χ1v) is 13.4. The van der Waals surface area contributed by atoms with Gasteiger partial charge in [-0.15, -0.1) is 0 Å². The first-order chi connectivity index (χ1) is 15.5. The van der Waals surface area contributed by atoms with Crippen molar-refractivity contribution in [1.82, 2.24) is 0 Å². The number of hydrogen-bond donors (Lipinski definition) is 0. The summed E-state index contributed by atoms with van der Waals surface area (Å²) in [7, 11) is -7.90. The van der Waals surface area contributed by atoms with Crippen LogP contribution >= 0.6 is 0 Å². The summed E-state index contributed by atoms with van der Waals surface area (Å²) in [5.41, 5.74) is 3.05. The molecule has 1 atom stereocenters. The molecule has 0 aliphatic carbocycles. The van der Waals surface area contributed by atoms with Gasteiger partial charge in [0.25, 0.3) is 20.0 Å². The van der Waals surface area contributed by atoms with Crippen LogP contribution in [0.3, 0.4) is 0 Å². The SMILES string of the molecule is C=C(C)C1CN(S(=O)(=O)c2ccc(C)cc2)c2ccccc2N1S(=O)(=O)c1ccc(C)cc1. The maximum atomic E-state index is 13.8. The lowest BCUT2D eigenvalue weighted by Crippen LogP contribution is -2.53. The van der Waals surface area contributed by atoms with Gasteiger partial charge in [0.15, 0.2) is 0 Å². The van der Waals surface area contributed by atoms with Crippen molar-refractivity contribution >= 4 is 31.4 Å². The molecule has 1 unspecified atom stereocenters. The van der Waals surface area contributed by atoms with Gasteiger partial charge >= 0.3 is 0 Å². The zero-order valence-electron chi connectivity index (χ0n) is 18.8. The minimum Gasteiger partial charge on any atom is -0.262 e. The third-order valence-electron chi connectivity index (χ3n) is 5.77. The normalized spacial score (nSPS) is 16.4. The maximum Gasteiger partial charge on any atom is 0.265 e. The fourth-order valence-electron chi connectivity index (χ4n) is 3.90. The topological polar surface area (TPSA) is 74.8 Å². The van der Waals surface area contributed by atoms with Gasteiger partial charge in [-0.05, 0) is 57.2 Å². The molecule has 3 aromatic rings. The van der Waals surface area contributed by atoms with E-state index in [1.165, 1.54) is 8.61 Å². The first-order valence-electron chi connectivity index (χ1n) is 10.5. The summed E-state index contributed by atoms with van der Waals surface area (Å²) in [4.78, 5) is 0.294. The van der Waals surface area contributed by atoms with Crippen molar-refractivity contribution in [3.8, 4) is 0 Å². The van der Waals surface area contributed by atoms with E-state index in [9.17, 15) is 16.8 Å². The number of anilines is 2. The van der Waals surface area contributed by atoms with Crippen LogP contribution < -0.4 is 8.61 Å². The van der Waals surface area contributed by atoms with Crippen LogP contribution in [0.1, 0.15) is 18.1 Å². The van der Waals surface area contributed by atoms with Crippen LogP contribution in [0.2, 0.25) is 0 Å². The van der Waals surface area contributed by atoms with Gasteiger partial charge in [0.2, 0.25) is 0 Å². The average molecular weight is 483 g/mol. The maximum absolute atomic E-state index is 13.8. The summed E-state index contributed by atoms with van der Waals surface area (Å²) >= 11 is 0. The van der Waals surface area contributed by atoms with E-state index in [0.717, 1.165) is 11.1 Å². The van der Waals surface area contributed by atoms with Gasteiger partial charge in [-0.1, -0.05) is 59.7 Å². The summed E-state index contributed by atoms with van der Waals surface area (Å²) in [5.74, 6) is 0. The van der Waals surface area contributed by atoms with Crippen molar-refractivity contribution in [2.24, 2.45) is 0 Å². The van der Waals surface area contributed by atoms with Crippen molar-refractivity contribution in [3.63, 3.8) is 0 Å². The largest absolute Gasteiger partial charge is 0.265 e. The van der Waals surface area contributed by atoms with Crippen LogP contribution in [-0.4, -0.2) is 29.4 Å². The minimum atomic E-state index is -3.97. The summed E-state index contributed by atoms with van der Waals surface area (Å²) in [6.07, 6.45) is 0. The van der Waals surface area contributed by atoms with Gasteiger partial charge in [-0.3, -0.25) is 8.61 Å². The molecule has 0 amide bonds. The van der Waals surface area contributed by atoms with E-state index in [0.29, 0.717) is 16.9 Å². The quantitative estimate of drug-likeness (QED) is 0.496. The Hall–Kier alpha value is -3.10. The second-order valence-electron chi connectivity index (χ2n) is 8.31. The molecule has 3 aromatic carbocycles. The van der Waals surface area contributed by atoms with Crippen molar-refractivity contribution in [1.29, 1.82) is 0 Å². The molecule has 0 aromatic heterocycles. The fourth-order valence-corrected chi connectivity index (χ4v) is 7.09. The molecule has 0 radical (unpaired) electrons. The second-order valence-corrected chi connectivity index (χ2v) is 12.0. The van der Waals surface area contributed by atoms with Crippen LogP contribution in [-0.2, 0) is 20.0 Å². The monoisotopic (exact) mass is 482 g/mol. The van der Waals surface area contributed by atoms with Crippen molar-refractivity contribution in [2.45, 2.75) is 36.6 Å². The summed E-state index contributed by atoms with van der Waals surface area (Å²) < 4.78 is 57.3. The Morgan fingerprint density at radius 2 is 1.21 bits per heavy atom. The number of hydrogen-bond acceptors (Lipinski definition) is 4. The number of benzene rings is 3. The van der Waals surface area contributed by atoms with E-state index < -0.39 is 26.1 Å². The van der Waals surface area contributed by atoms with E-state index in [1.807, 2.05) is 13.8 Å². The van der Waals surface area contributed by atoms with E-state index in [1.54, 1.807) is 79.7 Å². The fraction of sp³-hybridized carbons (Fsp3) is 0.200. The van der Waals surface area contributed by atoms with Gasteiger partial charge in [0, 0.05) is 0 Å². The van der Waals surface area contributed by atoms with E-state index in [4.69, 9.17) is 0 Å². The van der Waals surface area contributed by atoms with Gasteiger partial charge in [0.1, 0.15) is 0 Å². The van der Waals surface area contributed by atoms with E-state index in [-0.39, 0.29) is 16.3 Å². The average Bonchev–Trinajstić information content (AvgIpc) is 2.78. The standard InChI is InChI=1S/C25H26N2O4S2/c1-18(2)25-17-26(32(28,29)21-13-9-19(3)10-14-21)23-7-5-6-8-24(23)27(25)33(30,31)22-15-11-20(4)12-16-22/h5-16,25H,1,17H2,2-4H3. The molecule has 4 rings (SSSR count). The molecule has 0 N–H and O–H groups in total. The molecule has 0 fully saturated rings. The number of rotatable bonds is 5. The van der Waals surface area contributed by atoms with Gasteiger partial charge < -0.3 is 0 Å². The zero-order valence-corrected chi connectivity index (χ0v) is 20.4. The Balaban J connectivity index is 1.90. The number of aryl methyl sites for hydroxylation is 2. The molecule has 1 aliphatic rings. The third-order valence-corrected chi connectivity index (χ3v) is 9.40. The highest BCUT2D eigenvalue weighted by Gasteiger charge is 2.42. The molecule has 1 aliphatic heterocycles. The van der Waals surface area contributed by atoms with Crippen molar-refractivity contribution < 1.29 is 16.8 Å².